The molecule has 2 aliphatic carbocycles. The fraction of sp³-hybridized carbons (Fsp3) is 0.538. The second-order valence-corrected chi connectivity index (χ2v) is 5.67. The van der Waals surface area contributed by atoms with Crippen LogP contribution in [0.5, 0.6) is 0 Å². The molecule has 90 valence electrons. The Morgan fingerprint density at radius 3 is 2.35 bits per heavy atom. The number of amides is 2. The van der Waals surface area contributed by atoms with Crippen molar-refractivity contribution in [2.24, 2.45) is 23.7 Å². The maximum Gasteiger partial charge on any atom is 0.234 e. The Morgan fingerprint density at radius 2 is 1.88 bits per heavy atom. The van der Waals surface area contributed by atoms with Crippen LogP contribution in [0.25, 0.3) is 0 Å². The number of halogens is 1. The van der Waals surface area contributed by atoms with Crippen molar-refractivity contribution in [3.63, 3.8) is 0 Å². The van der Waals surface area contributed by atoms with Gasteiger partial charge in [0, 0.05) is 11.6 Å². The van der Waals surface area contributed by atoms with Crippen LogP contribution in [-0.2, 0) is 9.59 Å². The summed E-state index contributed by atoms with van der Waals surface area (Å²) in [5.74, 6) is 0.361. The van der Waals surface area contributed by atoms with E-state index in [-0.39, 0.29) is 35.5 Å². The molecule has 0 spiro atoms. The molecular formula is C13H14ClNO2. The highest BCUT2D eigenvalue weighted by atomic mass is 35.5. The molecule has 17 heavy (non-hydrogen) atoms. The summed E-state index contributed by atoms with van der Waals surface area (Å²) in [6.07, 6.45) is 6.89. The molecule has 0 unspecified atom stereocenters. The number of likely N-dealkylation sites (tertiary alicyclic amines) is 1. The fourth-order valence-corrected chi connectivity index (χ4v) is 3.43. The number of allylic oxidation sites excluding steroid dienone is 3. The lowest BCUT2D eigenvalue weighted by Gasteiger charge is -2.14. The molecule has 3 rings (SSSR count). The van der Waals surface area contributed by atoms with Gasteiger partial charge in [-0.1, -0.05) is 29.8 Å². The van der Waals surface area contributed by atoms with Gasteiger partial charge in [0.1, 0.15) is 0 Å². The Bertz CT molecular complexity index is 420. The summed E-state index contributed by atoms with van der Waals surface area (Å²) in [5.41, 5.74) is 0. The highest BCUT2D eigenvalue weighted by Gasteiger charge is 2.58. The first-order chi connectivity index (χ1) is 8.09. The highest BCUT2D eigenvalue weighted by Crippen LogP contribution is 2.52. The minimum absolute atomic E-state index is 0.00832. The Kier molecular flexibility index (Phi) is 2.40. The summed E-state index contributed by atoms with van der Waals surface area (Å²) in [5, 5.41) is 0.615. The quantitative estimate of drug-likeness (QED) is 0.556. The van der Waals surface area contributed by atoms with Crippen molar-refractivity contribution in [3.05, 3.63) is 23.3 Å². The molecule has 3 nitrogen and oxygen atoms in total. The standard InChI is InChI=1S/C13H14ClNO2/c1-7(14)4-5-15-12(16)10-8-2-3-9(6-8)11(10)13(15)17/h2-4,8-11H,5-6H2,1H3/b7-4-/t8-,9-,10+,11+/m0/s1. The second kappa shape index (κ2) is 3.70. The molecule has 1 aliphatic heterocycles. The maximum atomic E-state index is 12.2. The van der Waals surface area contributed by atoms with Crippen molar-refractivity contribution in [3.8, 4) is 0 Å². The molecule has 0 aromatic rings. The largest absolute Gasteiger partial charge is 0.278 e. The third-order valence-electron chi connectivity index (χ3n) is 4.12. The van der Waals surface area contributed by atoms with Crippen LogP contribution >= 0.6 is 11.6 Å². The van der Waals surface area contributed by atoms with Gasteiger partial charge >= 0.3 is 0 Å². The first-order valence-electron chi connectivity index (χ1n) is 5.95. The SMILES string of the molecule is C/C(Cl)=C/CN1C(=O)[C@H]2[C@H](C1=O)[C@H]1C=C[C@H]2C1. The average Bonchev–Trinajstić information content (AvgIpc) is 2.92. The Balaban J connectivity index is 1.85. The zero-order chi connectivity index (χ0) is 12.2. The molecule has 1 heterocycles. The van der Waals surface area contributed by atoms with Crippen molar-refractivity contribution in [2.75, 3.05) is 6.54 Å². The van der Waals surface area contributed by atoms with Crippen molar-refractivity contribution < 1.29 is 9.59 Å². The van der Waals surface area contributed by atoms with Crippen LogP contribution in [0.1, 0.15) is 13.3 Å². The molecule has 0 aromatic carbocycles. The summed E-state index contributed by atoms with van der Waals surface area (Å²) in [4.78, 5) is 25.8. The van der Waals surface area contributed by atoms with Crippen LogP contribution < -0.4 is 0 Å². The second-order valence-electron chi connectivity index (χ2n) is 5.08. The van der Waals surface area contributed by atoms with Gasteiger partial charge in [0.05, 0.1) is 11.8 Å². The van der Waals surface area contributed by atoms with Gasteiger partial charge in [-0.2, -0.15) is 0 Å². The third-order valence-corrected chi connectivity index (χ3v) is 4.27. The summed E-state index contributed by atoms with van der Waals surface area (Å²) < 4.78 is 0. The summed E-state index contributed by atoms with van der Waals surface area (Å²) in [6, 6.07) is 0. The van der Waals surface area contributed by atoms with E-state index in [4.69, 9.17) is 11.6 Å². The lowest BCUT2D eigenvalue weighted by molar-refractivity contribution is -0.140. The highest BCUT2D eigenvalue weighted by molar-refractivity contribution is 6.29. The van der Waals surface area contributed by atoms with Gasteiger partial charge in [0.2, 0.25) is 11.8 Å². The predicted octanol–water partition coefficient (Wildman–Crippen LogP) is 1.94. The van der Waals surface area contributed by atoms with Crippen molar-refractivity contribution in [2.45, 2.75) is 13.3 Å². The number of carbonyl (C=O) groups excluding carboxylic acids is 2. The molecule has 2 fully saturated rings. The van der Waals surface area contributed by atoms with E-state index in [1.807, 2.05) is 0 Å². The predicted molar refractivity (Wildman–Crippen MR) is 64.0 cm³/mol. The van der Waals surface area contributed by atoms with E-state index in [9.17, 15) is 9.59 Å². The smallest absolute Gasteiger partial charge is 0.234 e. The Labute approximate surface area is 105 Å². The van der Waals surface area contributed by atoms with Crippen molar-refractivity contribution in [1.82, 2.24) is 4.90 Å². The number of carbonyl (C=O) groups is 2. The molecule has 3 aliphatic rings. The van der Waals surface area contributed by atoms with Gasteiger partial charge < -0.3 is 0 Å². The molecule has 4 atom stereocenters. The molecule has 1 saturated heterocycles. The molecule has 2 bridgehead atoms. The van der Waals surface area contributed by atoms with E-state index in [0.29, 0.717) is 11.6 Å². The monoisotopic (exact) mass is 251 g/mol. The topological polar surface area (TPSA) is 37.4 Å². The van der Waals surface area contributed by atoms with E-state index in [0.717, 1.165) is 6.42 Å². The van der Waals surface area contributed by atoms with Gasteiger partial charge in [-0.25, -0.2) is 0 Å². The molecule has 1 saturated carbocycles. The van der Waals surface area contributed by atoms with Gasteiger partial charge in [-0.15, -0.1) is 0 Å². The van der Waals surface area contributed by atoms with E-state index in [2.05, 4.69) is 12.2 Å². The zero-order valence-electron chi connectivity index (χ0n) is 9.60. The number of fused-ring (bicyclic) bond motifs is 5. The van der Waals surface area contributed by atoms with Crippen LogP contribution in [0.3, 0.4) is 0 Å². The van der Waals surface area contributed by atoms with E-state index in [1.165, 1.54) is 4.90 Å². The maximum absolute atomic E-state index is 12.2. The lowest BCUT2D eigenvalue weighted by Crippen LogP contribution is -2.33. The van der Waals surface area contributed by atoms with Crippen molar-refractivity contribution >= 4 is 23.4 Å². The molecule has 4 heteroatoms. The average molecular weight is 252 g/mol. The normalized spacial score (nSPS) is 39.4. The van der Waals surface area contributed by atoms with Crippen LogP contribution in [0, 0.1) is 23.7 Å². The van der Waals surface area contributed by atoms with Gasteiger partial charge in [-0.05, 0) is 25.2 Å². The number of nitrogens with zero attached hydrogens (tertiary/aromatic N) is 1. The third kappa shape index (κ3) is 1.48. The first-order valence-corrected chi connectivity index (χ1v) is 6.33. The minimum atomic E-state index is -0.0958. The van der Waals surface area contributed by atoms with Crippen LogP contribution in [0.4, 0.5) is 0 Å². The van der Waals surface area contributed by atoms with E-state index >= 15 is 0 Å². The van der Waals surface area contributed by atoms with Gasteiger partial charge in [0.25, 0.3) is 0 Å². The summed E-state index contributed by atoms with van der Waals surface area (Å²) in [6.45, 7) is 2.07. The van der Waals surface area contributed by atoms with Crippen LogP contribution in [0.2, 0.25) is 0 Å². The van der Waals surface area contributed by atoms with Gasteiger partial charge in [-0.3, -0.25) is 14.5 Å². The number of imide groups is 1. The Morgan fingerprint density at radius 1 is 1.35 bits per heavy atom. The first kappa shape index (κ1) is 11.0. The minimum Gasteiger partial charge on any atom is -0.278 e. The molecule has 2 amide bonds. The van der Waals surface area contributed by atoms with E-state index < -0.39 is 0 Å². The zero-order valence-corrected chi connectivity index (χ0v) is 10.4. The van der Waals surface area contributed by atoms with Gasteiger partial charge in [0.15, 0.2) is 0 Å². The van der Waals surface area contributed by atoms with Crippen LogP contribution in [0.15, 0.2) is 23.3 Å². The Hall–Kier alpha value is -1.09. The number of rotatable bonds is 2. The summed E-state index contributed by atoms with van der Waals surface area (Å²) >= 11 is 5.74. The molecule has 0 aromatic heterocycles. The molecular weight excluding hydrogens is 238 g/mol. The van der Waals surface area contributed by atoms with Crippen molar-refractivity contribution in [1.29, 1.82) is 0 Å². The van der Waals surface area contributed by atoms with Crippen LogP contribution in [-0.4, -0.2) is 23.3 Å². The molecule has 0 radical (unpaired) electrons. The summed E-state index contributed by atoms with van der Waals surface area (Å²) in [7, 11) is 0. The fourth-order valence-electron chi connectivity index (χ4n) is 3.36. The lowest BCUT2D eigenvalue weighted by atomic mass is 9.85. The van der Waals surface area contributed by atoms with E-state index in [1.54, 1.807) is 13.0 Å². The number of hydrogen-bond donors (Lipinski definition) is 0. The molecule has 0 N–H and O–H groups in total. The number of hydrogen-bond acceptors (Lipinski definition) is 2.